The minimum Gasteiger partial charge on any atom is -0.366 e. The molecule has 142 valence electrons. The van der Waals surface area contributed by atoms with Gasteiger partial charge < -0.3 is 9.80 Å². The second-order valence-electron chi connectivity index (χ2n) is 6.88. The Bertz CT molecular complexity index is 1050. The van der Waals surface area contributed by atoms with E-state index < -0.39 is 5.82 Å². The fraction of sp³-hybridized carbons (Fsp3) is 0.227. The van der Waals surface area contributed by atoms with Gasteiger partial charge in [-0.05, 0) is 37.3 Å². The molecule has 1 aliphatic heterocycles. The van der Waals surface area contributed by atoms with Crippen LogP contribution in [0.4, 0.5) is 10.1 Å². The highest BCUT2D eigenvalue weighted by Gasteiger charge is 2.25. The van der Waals surface area contributed by atoms with E-state index in [0.29, 0.717) is 48.5 Å². The van der Waals surface area contributed by atoms with Crippen molar-refractivity contribution >= 4 is 28.3 Å². The van der Waals surface area contributed by atoms with Crippen LogP contribution in [0, 0.1) is 5.82 Å². The minimum absolute atomic E-state index is 0.0589. The van der Waals surface area contributed by atoms with E-state index in [9.17, 15) is 14.0 Å². The molecule has 28 heavy (non-hydrogen) atoms. The summed E-state index contributed by atoms with van der Waals surface area (Å²) in [5.74, 6) is -0.633. The van der Waals surface area contributed by atoms with Gasteiger partial charge in [-0.15, -0.1) is 0 Å². The molecule has 1 fully saturated rings. The van der Waals surface area contributed by atoms with E-state index >= 15 is 0 Å². The summed E-state index contributed by atoms with van der Waals surface area (Å²) in [5, 5.41) is 0.930. The average molecular weight is 377 g/mol. The number of carbonyl (C=O) groups excluding carboxylic acids is 2. The largest absolute Gasteiger partial charge is 0.366 e. The van der Waals surface area contributed by atoms with E-state index in [0.717, 1.165) is 5.39 Å². The second kappa shape index (κ2) is 7.38. The van der Waals surface area contributed by atoms with Crippen LogP contribution in [0.15, 0.2) is 54.7 Å². The molecule has 6 heteroatoms. The maximum absolute atomic E-state index is 14.4. The molecule has 0 radical (unpaired) electrons. The summed E-state index contributed by atoms with van der Waals surface area (Å²) < 4.78 is 14.4. The van der Waals surface area contributed by atoms with Crippen molar-refractivity contribution in [3.63, 3.8) is 0 Å². The maximum Gasteiger partial charge on any atom is 0.256 e. The zero-order chi connectivity index (χ0) is 19.7. The molecule has 1 aromatic heterocycles. The molecule has 0 bridgehead atoms. The average Bonchev–Trinajstić information content (AvgIpc) is 2.73. The van der Waals surface area contributed by atoms with Gasteiger partial charge in [0.1, 0.15) is 5.82 Å². The Morgan fingerprint density at radius 1 is 1.00 bits per heavy atom. The van der Waals surface area contributed by atoms with Gasteiger partial charge in [0.15, 0.2) is 5.78 Å². The smallest absolute Gasteiger partial charge is 0.256 e. The summed E-state index contributed by atoms with van der Waals surface area (Å²) in [4.78, 5) is 32.4. The lowest BCUT2D eigenvalue weighted by molar-refractivity contribution is 0.0748. The number of aromatic nitrogens is 1. The van der Waals surface area contributed by atoms with E-state index in [1.54, 1.807) is 29.3 Å². The molecule has 4 rings (SSSR count). The molecule has 0 saturated carbocycles. The Labute approximate surface area is 162 Å². The monoisotopic (exact) mass is 377 g/mol. The van der Waals surface area contributed by atoms with Crippen LogP contribution < -0.4 is 4.90 Å². The quantitative estimate of drug-likeness (QED) is 0.655. The molecule has 2 heterocycles. The molecule has 0 unspecified atom stereocenters. The fourth-order valence-electron chi connectivity index (χ4n) is 3.58. The van der Waals surface area contributed by atoms with Crippen molar-refractivity contribution in [2.75, 3.05) is 31.1 Å². The molecular formula is C22H20FN3O2. The van der Waals surface area contributed by atoms with Gasteiger partial charge in [0.2, 0.25) is 0 Å². The topological polar surface area (TPSA) is 53.5 Å². The van der Waals surface area contributed by atoms with Crippen molar-refractivity contribution in [2.24, 2.45) is 0 Å². The molecule has 3 aromatic rings. The summed E-state index contributed by atoms with van der Waals surface area (Å²) in [7, 11) is 0. The van der Waals surface area contributed by atoms with Crippen LogP contribution in [-0.2, 0) is 0 Å². The number of carbonyl (C=O) groups is 2. The number of benzene rings is 2. The van der Waals surface area contributed by atoms with Crippen molar-refractivity contribution in [2.45, 2.75) is 6.92 Å². The summed E-state index contributed by atoms with van der Waals surface area (Å²) in [6, 6.07) is 13.9. The number of nitrogens with zero attached hydrogens (tertiary/aromatic N) is 3. The zero-order valence-corrected chi connectivity index (χ0v) is 15.6. The number of Topliss-reactive ketones (excluding diaryl/α,β-unsaturated/α-hetero) is 1. The van der Waals surface area contributed by atoms with Gasteiger partial charge in [-0.1, -0.05) is 18.2 Å². The number of fused-ring (bicyclic) bond motifs is 1. The lowest BCUT2D eigenvalue weighted by Crippen LogP contribution is -2.49. The van der Waals surface area contributed by atoms with Gasteiger partial charge in [-0.25, -0.2) is 4.39 Å². The summed E-state index contributed by atoms with van der Waals surface area (Å²) in [5.41, 5.74) is 2.11. The summed E-state index contributed by atoms with van der Waals surface area (Å²) in [6.45, 7) is 3.47. The third kappa shape index (κ3) is 3.33. The van der Waals surface area contributed by atoms with Gasteiger partial charge in [0.05, 0.1) is 16.8 Å². The SMILES string of the molecule is CC(=O)c1ccc(N2CCN(C(=O)c3cccc4cccnc34)CC2)c(F)c1. The number of para-hydroxylation sites is 1. The molecular weight excluding hydrogens is 357 g/mol. The molecule has 0 atom stereocenters. The number of anilines is 1. The zero-order valence-electron chi connectivity index (χ0n) is 15.6. The number of pyridine rings is 1. The first kappa shape index (κ1) is 18.1. The normalized spacial score (nSPS) is 14.4. The van der Waals surface area contributed by atoms with E-state index in [1.807, 2.05) is 29.2 Å². The van der Waals surface area contributed by atoms with Crippen LogP contribution in [0.1, 0.15) is 27.6 Å². The Kier molecular flexibility index (Phi) is 4.77. The third-order valence-electron chi connectivity index (χ3n) is 5.12. The highest BCUT2D eigenvalue weighted by molar-refractivity contribution is 6.05. The van der Waals surface area contributed by atoms with Crippen molar-refractivity contribution < 1.29 is 14.0 Å². The molecule has 0 N–H and O–H groups in total. The highest BCUT2D eigenvalue weighted by atomic mass is 19.1. The van der Waals surface area contributed by atoms with Crippen molar-refractivity contribution in [1.29, 1.82) is 0 Å². The predicted molar refractivity (Wildman–Crippen MR) is 106 cm³/mol. The van der Waals surface area contributed by atoms with E-state index in [4.69, 9.17) is 0 Å². The number of ketones is 1. The maximum atomic E-state index is 14.4. The van der Waals surface area contributed by atoms with Crippen LogP contribution in [0.25, 0.3) is 10.9 Å². The molecule has 1 aliphatic rings. The number of hydrogen-bond donors (Lipinski definition) is 0. The van der Waals surface area contributed by atoms with E-state index in [-0.39, 0.29) is 11.7 Å². The van der Waals surface area contributed by atoms with Gasteiger partial charge >= 0.3 is 0 Å². The van der Waals surface area contributed by atoms with Crippen LogP contribution in [0.2, 0.25) is 0 Å². The Balaban J connectivity index is 1.50. The number of hydrogen-bond acceptors (Lipinski definition) is 4. The first-order chi connectivity index (χ1) is 13.5. The first-order valence-electron chi connectivity index (χ1n) is 9.23. The predicted octanol–water partition coefficient (Wildman–Crippen LogP) is 3.54. The summed E-state index contributed by atoms with van der Waals surface area (Å²) in [6.07, 6.45) is 1.69. The molecule has 0 aliphatic carbocycles. The highest BCUT2D eigenvalue weighted by Crippen LogP contribution is 2.24. The van der Waals surface area contributed by atoms with Crippen molar-refractivity contribution in [3.05, 3.63) is 71.7 Å². The Hall–Kier alpha value is -3.28. The molecule has 0 spiro atoms. The van der Waals surface area contributed by atoms with Crippen LogP contribution in [0.3, 0.4) is 0 Å². The number of rotatable bonds is 3. The van der Waals surface area contributed by atoms with Crippen molar-refractivity contribution in [1.82, 2.24) is 9.88 Å². The fourth-order valence-corrected chi connectivity index (χ4v) is 3.58. The third-order valence-corrected chi connectivity index (χ3v) is 5.12. The standard InChI is InChI=1S/C22H20FN3O2/c1-15(27)17-7-8-20(19(23)14-17)25-10-12-26(13-11-25)22(28)18-6-2-4-16-5-3-9-24-21(16)18/h2-9,14H,10-13H2,1H3. The molecule has 2 aromatic carbocycles. The minimum atomic E-state index is -0.411. The summed E-state index contributed by atoms with van der Waals surface area (Å²) >= 11 is 0. The van der Waals surface area contributed by atoms with Crippen LogP contribution >= 0.6 is 0 Å². The van der Waals surface area contributed by atoms with Crippen LogP contribution in [-0.4, -0.2) is 47.8 Å². The number of piperazine rings is 1. The van der Waals surface area contributed by atoms with Gasteiger partial charge in [0.25, 0.3) is 5.91 Å². The first-order valence-corrected chi connectivity index (χ1v) is 9.23. The van der Waals surface area contributed by atoms with Crippen LogP contribution in [0.5, 0.6) is 0 Å². The Morgan fingerprint density at radius 3 is 2.46 bits per heavy atom. The van der Waals surface area contributed by atoms with Gasteiger partial charge in [-0.3, -0.25) is 14.6 Å². The number of amides is 1. The lowest BCUT2D eigenvalue weighted by atomic mass is 10.1. The number of halogens is 1. The van der Waals surface area contributed by atoms with Crippen molar-refractivity contribution in [3.8, 4) is 0 Å². The van der Waals surface area contributed by atoms with E-state index in [2.05, 4.69) is 4.98 Å². The molecule has 5 nitrogen and oxygen atoms in total. The van der Waals surface area contributed by atoms with E-state index in [1.165, 1.54) is 13.0 Å². The Morgan fingerprint density at radius 2 is 1.75 bits per heavy atom. The van der Waals surface area contributed by atoms with Gasteiger partial charge in [0, 0.05) is 43.3 Å². The lowest BCUT2D eigenvalue weighted by Gasteiger charge is -2.36. The molecule has 1 saturated heterocycles. The van der Waals surface area contributed by atoms with Gasteiger partial charge in [-0.2, -0.15) is 0 Å². The second-order valence-corrected chi connectivity index (χ2v) is 6.88. The molecule has 1 amide bonds.